The van der Waals surface area contributed by atoms with Gasteiger partial charge in [0.05, 0.1) is 0 Å². The first-order valence-electron chi connectivity index (χ1n) is 35.6. The van der Waals surface area contributed by atoms with Crippen LogP contribution in [0.4, 0.5) is 0 Å². The molecule has 0 aromatic carbocycles. The molecule has 0 aromatic heterocycles. The van der Waals surface area contributed by atoms with Crippen molar-refractivity contribution < 1.29 is 28.6 Å². The normalized spacial score (nSPS) is 12.3. The Morgan fingerprint density at radius 2 is 0.463 bits per heavy atom. The number of rotatable bonds is 66. The third-order valence-corrected chi connectivity index (χ3v) is 16.0. The Labute approximate surface area is 498 Å². The van der Waals surface area contributed by atoms with Crippen LogP contribution in [0.1, 0.15) is 387 Å². The van der Waals surface area contributed by atoms with Crippen LogP contribution in [0, 0.1) is 0 Å². The molecule has 6 nitrogen and oxygen atoms in total. The van der Waals surface area contributed by atoms with E-state index in [9.17, 15) is 14.4 Å². The molecular weight excluding hydrogens is 985 g/mol. The first-order valence-corrected chi connectivity index (χ1v) is 35.6. The zero-order valence-electron chi connectivity index (χ0n) is 53.9. The lowest BCUT2D eigenvalue weighted by Crippen LogP contribution is -2.30. The highest BCUT2D eigenvalue weighted by Gasteiger charge is 2.19. The van der Waals surface area contributed by atoms with Crippen LogP contribution in [-0.4, -0.2) is 37.2 Å². The number of hydrogen-bond donors (Lipinski definition) is 0. The van der Waals surface area contributed by atoms with E-state index in [4.69, 9.17) is 14.2 Å². The van der Waals surface area contributed by atoms with Crippen molar-refractivity contribution >= 4 is 17.9 Å². The molecule has 80 heavy (non-hydrogen) atoms. The molecule has 0 radical (unpaired) electrons. The van der Waals surface area contributed by atoms with Crippen molar-refractivity contribution in [3.8, 4) is 0 Å². The molecule has 0 saturated carbocycles. The van der Waals surface area contributed by atoms with Crippen LogP contribution in [0.25, 0.3) is 0 Å². The van der Waals surface area contributed by atoms with Crippen molar-refractivity contribution in [3.63, 3.8) is 0 Å². The Balaban J connectivity index is 4.27. The maximum absolute atomic E-state index is 13.0. The van der Waals surface area contributed by atoms with Gasteiger partial charge in [-0.1, -0.05) is 320 Å². The van der Waals surface area contributed by atoms with Gasteiger partial charge in [-0.2, -0.15) is 0 Å². The van der Waals surface area contributed by atoms with Gasteiger partial charge in [0.15, 0.2) is 6.10 Å². The smallest absolute Gasteiger partial charge is 0.306 e. The highest BCUT2D eigenvalue weighted by molar-refractivity contribution is 5.71. The summed E-state index contributed by atoms with van der Waals surface area (Å²) in [7, 11) is 0. The Kier molecular flexibility index (Phi) is 66.6. The third-order valence-electron chi connectivity index (χ3n) is 16.0. The number of esters is 3. The van der Waals surface area contributed by atoms with E-state index in [0.29, 0.717) is 19.3 Å². The zero-order valence-corrected chi connectivity index (χ0v) is 53.9. The van der Waals surface area contributed by atoms with Crippen LogP contribution in [0.15, 0.2) is 48.6 Å². The largest absolute Gasteiger partial charge is 0.462 e. The van der Waals surface area contributed by atoms with E-state index in [1.807, 2.05) is 0 Å². The van der Waals surface area contributed by atoms with E-state index in [1.54, 1.807) is 0 Å². The molecule has 0 aromatic rings. The van der Waals surface area contributed by atoms with Crippen molar-refractivity contribution in [1.29, 1.82) is 0 Å². The molecule has 0 fully saturated rings. The van der Waals surface area contributed by atoms with Gasteiger partial charge in [0.1, 0.15) is 13.2 Å². The zero-order chi connectivity index (χ0) is 57.8. The van der Waals surface area contributed by atoms with E-state index in [0.717, 1.165) is 77.0 Å². The summed E-state index contributed by atoms with van der Waals surface area (Å²) in [5.41, 5.74) is 0. The molecule has 6 heteroatoms. The molecule has 0 heterocycles. The van der Waals surface area contributed by atoms with Gasteiger partial charge in [0.2, 0.25) is 0 Å². The topological polar surface area (TPSA) is 78.9 Å². The van der Waals surface area contributed by atoms with E-state index in [1.165, 1.54) is 270 Å². The molecule has 0 saturated heterocycles. The summed E-state index contributed by atoms with van der Waals surface area (Å²) in [4.78, 5) is 38.4. The predicted octanol–water partition coefficient (Wildman–Crippen LogP) is 24.5. The van der Waals surface area contributed by atoms with Gasteiger partial charge in [-0.3, -0.25) is 14.4 Å². The Morgan fingerprint density at radius 3 is 0.738 bits per heavy atom. The lowest BCUT2D eigenvalue weighted by Gasteiger charge is -2.18. The summed E-state index contributed by atoms with van der Waals surface area (Å²) < 4.78 is 17.0. The molecule has 0 N–H and O–H groups in total. The standard InChI is InChI=1S/C74H136O6/c1-4-7-10-13-16-19-22-25-28-30-32-34-36-37-39-40-42-44-46-49-52-55-58-61-64-67-73(76)79-70-71(69-78-72(75)66-63-60-57-54-51-48-27-24-21-18-15-12-9-6-3)80-74(77)68-65-62-59-56-53-50-47-45-43-41-38-35-33-31-29-26-23-20-17-14-11-8-5-2/h15,18,24,27,30-33,71H,4-14,16-17,19-23,25-26,28-29,34-70H2,1-3H3/b18-15-,27-24-,32-30-,33-31-. The lowest BCUT2D eigenvalue weighted by molar-refractivity contribution is -0.167. The summed E-state index contributed by atoms with van der Waals surface area (Å²) in [5.74, 6) is -0.865. The number of allylic oxidation sites excluding steroid dienone is 8. The minimum absolute atomic E-state index is 0.0747. The molecule has 0 aliphatic carbocycles. The van der Waals surface area contributed by atoms with Crippen molar-refractivity contribution in [3.05, 3.63) is 48.6 Å². The minimum atomic E-state index is -0.780. The van der Waals surface area contributed by atoms with E-state index in [-0.39, 0.29) is 31.1 Å². The molecule has 0 amide bonds. The minimum Gasteiger partial charge on any atom is -0.462 e. The second kappa shape index (κ2) is 68.9. The highest BCUT2D eigenvalue weighted by atomic mass is 16.6. The first-order chi connectivity index (χ1) is 39.5. The maximum atomic E-state index is 13.0. The predicted molar refractivity (Wildman–Crippen MR) is 349 cm³/mol. The summed E-state index contributed by atoms with van der Waals surface area (Å²) in [6.45, 7) is 6.65. The molecule has 0 spiro atoms. The van der Waals surface area contributed by atoms with Crippen LogP contribution in [0.5, 0.6) is 0 Å². The third kappa shape index (κ3) is 66.2. The number of hydrogen-bond acceptors (Lipinski definition) is 6. The van der Waals surface area contributed by atoms with Crippen LogP contribution in [0.2, 0.25) is 0 Å². The number of carbonyl (C=O) groups excluding carboxylic acids is 3. The van der Waals surface area contributed by atoms with E-state index < -0.39 is 6.10 Å². The Hall–Kier alpha value is -2.63. The molecule has 0 aliphatic rings. The van der Waals surface area contributed by atoms with Gasteiger partial charge < -0.3 is 14.2 Å². The summed E-state index contributed by atoms with van der Waals surface area (Å²) in [5, 5.41) is 0. The first kappa shape index (κ1) is 77.4. The van der Waals surface area contributed by atoms with Gasteiger partial charge in [-0.15, -0.1) is 0 Å². The SMILES string of the molecule is CCCC/C=C\C/C=C\CCCCCCCC(=O)OCC(COC(=O)CCCCCCCCCCCCCCC/C=C\CCCCCCCCCC)OC(=O)CCCCCCCCCCCCC/C=C\CCCCCCCCCC. The van der Waals surface area contributed by atoms with Crippen molar-refractivity contribution in [2.75, 3.05) is 13.2 Å². The van der Waals surface area contributed by atoms with Crippen molar-refractivity contribution in [2.24, 2.45) is 0 Å². The van der Waals surface area contributed by atoms with Crippen LogP contribution < -0.4 is 0 Å². The van der Waals surface area contributed by atoms with Gasteiger partial charge in [-0.05, 0) is 96.3 Å². The molecule has 1 unspecified atom stereocenters. The summed E-state index contributed by atoms with van der Waals surface area (Å²) in [6.07, 6.45) is 87.1. The van der Waals surface area contributed by atoms with Crippen LogP contribution in [-0.2, 0) is 28.6 Å². The fourth-order valence-corrected chi connectivity index (χ4v) is 10.6. The average molecular weight is 1120 g/mol. The second-order valence-electron chi connectivity index (χ2n) is 24.1. The van der Waals surface area contributed by atoms with Gasteiger partial charge in [0.25, 0.3) is 0 Å². The number of carbonyl (C=O) groups is 3. The highest BCUT2D eigenvalue weighted by Crippen LogP contribution is 2.18. The molecule has 0 aliphatic heterocycles. The fraction of sp³-hybridized carbons (Fsp3) is 0.851. The summed E-state index contributed by atoms with van der Waals surface area (Å²) in [6, 6.07) is 0. The van der Waals surface area contributed by atoms with Gasteiger partial charge in [0, 0.05) is 19.3 Å². The fourth-order valence-electron chi connectivity index (χ4n) is 10.6. The maximum Gasteiger partial charge on any atom is 0.306 e. The van der Waals surface area contributed by atoms with Crippen molar-refractivity contribution in [2.45, 2.75) is 393 Å². The monoisotopic (exact) mass is 1120 g/mol. The molecular formula is C74H136O6. The van der Waals surface area contributed by atoms with Crippen molar-refractivity contribution in [1.82, 2.24) is 0 Å². The summed E-state index contributed by atoms with van der Waals surface area (Å²) >= 11 is 0. The van der Waals surface area contributed by atoms with Gasteiger partial charge >= 0.3 is 17.9 Å². The Bertz CT molecular complexity index is 1380. The second-order valence-corrected chi connectivity index (χ2v) is 24.1. The van der Waals surface area contributed by atoms with Crippen LogP contribution >= 0.6 is 0 Å². The average Bonchev–Trinajstić information content (AvgIpc) is 3.46. The molecule has 0 bridgehead atoms. The Morgan fingerprint density at radius 1 is 0.250 bits per heavy atom. The number of unbranched alkanes of at least 4 members (excludes halogenated alkanes) is 47. The number of ether oxygens (including phenoxy) is 3. The lowest BCUT2D eigenvalue weighted by atomic mass is 10.0. The quantitative estimate of drug-likeness (QED) is 0.0261. The van der Waals surface area contributed by atoms with Gasteiger partial charge in [-0.25, -0.2) is 0 Å². The molecule has 1 atom stereocenters. The van der Waals surface area contributed by atoms with E-state index >= 15 is 0 Å². The molecule has 468 valence electrons. The van der Waals surface area contributed by atoms with E-state index in [2.05, 4.69) is 69.4 Å². The van der Waals surface area contributed by atoms with Crippen LogP contribution in [0.3, 0.4) is 0 Å². The molecule has 0 rings (SSSR count).